The summed E-state index contributed by atoms with van der Waals surface area (Å²) in [7, 11) is 0. The number of halogens is 3. The van der Waals surface area contributed by atoms with Crippen LogP contribution < -0.4 is 16.0 Å². The van der Waals surface area contributed by atoms with Crippen LogP contribution in [0.3, 0.4) is 0 Å². The van der Waals surface area contributed by atoms with E-state index in [1.807, 2.05) is 0 Å². The van der Waals surface area contributed by atoms with E-state index in [9.17, 15) is 18.0 Å². The van der Waals surface area contributed by atoms with Crippen molar-refractivity contribution < 1.29 is 22.7 Å². The van der Waals surface area contributed by atoms with Crippen molar-refractivity contribution in [2.75, 3.05) is 19.9 Å². The van der Waals surface area contributed by atoms with Gasteiger partial charge in [-0.2, -0.15) is 13.2 Å². The SMILES string of the molecule is O=C(NC1NCC(CC2CCCC(C(F)(F)F)C2)S1)C1COCN1. The van der Waals surface area contributed by atoms with Crippen LogP contribution in [-0.4, -0.2) is 48.8 Å². The van der Waals surface area contributed by atoms with Crippen molar-refractivity contribution in [2.45, 2.75) is 55.1 Å². The molecule has 5 atom stereocenters. The Balaban J connectivity index is 1.41. The van der Waals surface area contributed by atoms with Gasteiger partial charge in [0.15, 0.2) is 0 Å². The first-order chi connectivity index (χ1) is 11.4. The van der Waals surface area contributed by atoms with E-state index in [0.717, 1.165) is 19.4 Å². The van der Waals surface area contributed by atoms with Gasteiger partial charge in [-0.3, -0.25) is 15.4 Å². The van der Waals surface area contributed by atoms with E-state index >= 15 is 0 Å². The zero-order valence-corrected chi connectivity index (χ0v) is 14.2. The van der Waals surface area contributed by atoms with Crippen molar-refractivity contribution in [2.24, 2.45) is 11.8 Å². The number of rotatable bonds is 4. The third kappa shape index (κ3) is 4.77. The number of carbonyl (C=O) groups is 1. The maximum atomic E-state index is 12.9. The van der Waals surface area contributed by atoms with Crippen molar-refractivity contribution in [3.63, 3.8) is 0 Å². The van der Waals surface area contributed by atoms with Crippen LogP contribution in [-0.2, 0) is 9.53 Å². The van der Waals surface area contributed by atoms with Crippen LogP contribution in [0.5, 0.6) is 0 Å². The topological polar surface area (TPSA) is 62.4 Å². The Morgan fingerprint density at radius 1 is 1.29 bits per heavy atom. The molecule has 0 bridgehead atoms. The first-order valence-electron chi connectivity index (χ1n) is 8.49. The van der Waals surface area contributed by atoms with Crippen LogP contribution in [0.1, 0.15) is 32.1 Å². The van der Waals surface area contributed by atoms with Crippen molar-refractivity contribution in [1.29, 1.82) is 0 Å². The van der Waals surface area contributed by atoms with E-state index in [-0.39, 0.29) is 41.5 Å². The third-order valence-corrected chi connectivity index (χ3v) is 6.31. The largest absolute Gasteiger partial charge is 0.391 e. The molecule has 1 aliphatic carbocycles. The molecule has 0 aromatic heterocycles. The first kappa shape index (κ1) is 18.3. The van der Waals surface area contributed by atoms with Crippen LogP contribution in [0.15, 0.2) is 0 Å². The van der Waals surface area contributed by atoms with Gasteiger partial charge in [-0.1, -0.05) is 12.8 Å². The summed E-state index contributed by atoms with van der Waals surface area (Å²) in [4.78, 5) is 12.0. The lowest BCUT2D eigenvalue weighted by atomic mass is 9.79. The quantitative estimate of drug-likeness (QED) is 0.707. The highest BCUT2D eigenvalue weighted by Crippen LogP contribution is 2.42. The van der Waals surface area contributed by atoms with E-state index in [1.54, 1.807) is 11.8 Å². The lowest BCUT2D eigenvalue weighted by molar-refractivity contribution is -0.185. The van der Waals surface area contributed by atoms with Gasteiger partial charge in [-0.15, -0.1) is 11.8 Å². The summed E-state index contributed by atoms with van der Waals surface area (Å²) in [6.45, 7) is 1.47. The van der Waals surface area contributed by atoms with Crippen LogP contribution in [0, 0.1) is 11.8 Å². The van der Waals surface area contributed by atoms with Crippen LogP contribution in [0.4, 0.5) is 13.2 Å². The Bertz CT molecular complexity index is 446. The number of alkyl halides is 3. The van der Waals surface area contributed by atoms with E-state index in [0.29, 0.717) is 19.8 Å². The van der Waals surface area contributed by atoms with E-state index in [2.05, 4.69) is 16.0 Å². The number of thioether (sulfide) groups is 1. The van der Waals surface area contributed by atoms with Crippen molar-refractivity contribution in [1.82, 2.24) is 16.0 Å². The van der Waals surface area contributed by atoms with Gasteiger partial charge < -0.3 is 10.1 Å². The average Bonchev–Trinajstić information content (AvgIpc) is 3.18. The molecule has 138 valence electrons. The van der Waals surface area contributed by atoms with Gasteiger partial charge in [0.2, 0.25) is 5.91 Å². The fraction of sp³-hybridized carbons (Fsp3) is 0.933. The molecule has 2 saturated heterocycles. The molecule has 5 nitrogen and oxygen atoms in total. The maximum absolute atomic E-state index is 12.9. The zero-order valence-electron chi connectivity index (χ0n) is 13.4. The fourth-order valence-electron chi connectivity index (χ4n) is 3.72. The van der Waals surface area contributed by atoms with Gasteiger partial charge in [0, 0.05) is 11.8 Å². The van der Waals surface area contributed by atoms with Crippen LogP contribution >= 0.6 is 11.8 Å². The molecular weight excluding hydrogens is 343 g/mol. The van der Waals surface area contributed by atoms with Crippen LogP contribution in [0.2, 0.25) is 0 Å². The highest BCUT2D eigenvalue weighted by molar-refractivity contribution is 8.00. The molecule has 0 aromatic rings. The van der Waals surface area contributed by atoms with Crippen molar-refractivity contribution >= 4 is 17.7 Å². The van der Waals surface area contributed by atoms with Gasteiger partial charge >= 0.3 is 6.18 Å². The summed E-state index contributed by atoms with van der Waals surface area (Å²) >= 11 is 1.61. The number of nitrogens with one attached hydrogen (secondary N) is 3. The lowest BCUT2D eigenvalue weighted by Crippen LogP contribution is -2.48. The van der Waals surface area contributed by atoms with Gasteiger partial charge in [0.25, 0.3) is 0 Å². The zero-order chi connectivity index (χ0) is 17.2. The minimum Gasteiger partial charge on any atom is -0.364 e. The molecule has 2 aliphatic heterocycles. The van der Waals surface area contributed by atoms with Gasteiger partial charge in [0.05, 0.1) is 19.3 Å². The molecule has 3 rings (SSSR count). The lowest BCUT2D eigenvalue weighted by Gasteiger charge is -2.31. The molecule has 1 saturated carbocycles. The molecule has 9 heteroatoms. The second kappa shape index (κ2) is 7.80. The molecule has 3 aliphatic rings. The number of amides is 1. The fourth-order valence-corrected chi connectivity index (χ4v) is 5.06. The van der Waals surface area contributed by atoms with Crippen LogP contribution in [0.25, 0.3) is 0 Å². The number of hydrogen-bond acceptors (Lipinski definition) is 5. The second-order valence-corrected chi connectivity index (χ2v) is 8.24. The summed E-state index contributed by atoms with van der Waals surface area (Å²) in [5.74, 6) is -1.11. The van der Waals surface area contributed by atoms with Gasteiger partial charge in [0.1, 0.15) is 11.5 Å². The standard InChI is InChI=1S/C15H24F3N3O2S/c16-15(17,18)10-3-1-2-9(4-10)5-11-6-19-14(24-11)21-13(22)12-7-23-8-20-12/h9-12,14,19-20H,1-8H2,(H,21,22). The predicted molar refractivity (Wildman–Crippen MR) is 85.2 cm³/mol. The number of hydrogen-bond donors (Lipinski definition) is 3. The Hall–Kier alpha value is -0.510. The molecule has 0 aromatic carbocycles. The minimum absolute atomic E-state index is 0.104. The first-order valence-corrected chi connectivity index (χ1v) is 9.43. The highest BCUT2D eigenvalue weighted by Gasteiger charge is 2.42. The average molecular weight is 367 g/mol. The maximum Gasteiger partial charge on any atom is 0.391 e. The van der Waals surface area contributed by atoms with Crippen molar-refractivity contribution in [3.8, 4) is 0 Å². The molecule has 24 heavy (non-hydrogen) atoms. The minimum atomic E-state index is -4.06. The Kier molecular flexibility index (Phi) is 5.94. The Morgan fingerprint density at radius 2 is 2.12 bits per heavy atom. The number of ether oxygens (including phenoxy) is 1. The number of carbonyl (C=O) groups excluding carboxylic acids is 1. The summed E-state index contributed by atoms with van der Waals surface area (Å²) in [6.07, 6.45) is -1.22. The second-order valence-electron chi connectivity index (χ2n) is 6.83. The smallest absolute Gasteiger partial charge is 0.364 e. The summed E-state index contributed by atoms with van der Waals surface area (Å²) in [5.41, 5.74) is -0.174. The van der Waals surface area contributed by atoms with Gasteiger partial charge in [-0.25, -0.2) is 0 Å². The van der Waals surface area contributed by atoms with E-state index < -0.39 is 12.1 Å². The summed E-state index contributed by atoms with van der Waals surface area (Å²) in [6, 6.07) is -0.322. The van der Waals surface area contributed by atoms with Crippen molar-refractivity contribution in [3.05, 3.63) is 0 Å². The molecule has 0 radical (unpaired) electrons. The Morgan fingerprint density at radius 3 is 2.83 bits per heavy atom. The van der Waals surface area contributed by atoms with E-state index in [4.69, 9.17) is 4.74 Å². The molecule has 5 unspecified atom stereocenters. The Labute approximate surface area is 143 Å². The monoisotopic (exact) mass is 367 g/mol. The molecular formula is C15H24F3N3O2S. The molecule has 2 heterocycles. The molecule has 3 fully saturated rings. The predicted octanol–water partition coefficient (Wildman–Crippen LogP) is 1.80. The van der Waals surface area contributed by atoms with E-state index in [1.165, 1.54) is 0 Å². The highest BCUT2D eigenvalue weighted by atomic mass is 32.2. The normalized spacial score (nSPS) is 37.5. The molecule has 3 N–H and O–H groups in total. The molecule has 1 amide bonds. The molecule has 0 spiro atoms. The third-order valence-electron chi connectivity index (χ3n) is 5.01. The summed E-state index contributed by atoms with van der Waals surface area (Å²) in [5, 5.41) is 9.34. The summed E-state index contributed by atoms with van der Waals surface area (Å²) < 4.78 is 43.8. The van der Waals surface area contributed by atoms with Gasteiger partial charge in [-0.05, 0) is 25.2 Å².